The molecule has 2 heterocycles. The highest BCUT2D eigenvalue weighted by Crippen LogP contribution is 2.07. The molecule has 2 rings (SSSR count). The highest BCUT2D eigenvalue weighted by molar-refractivity contribution is 5.93. The molecule has 4 nitrogen and oxygen atoms in total. The molecule has 1 aliphatic heterocycles. The van der Waals surface area contributed by atoms with Crippen LogP contribution in [0, 0.1) is 0 Å². The molecule has 0 unspecified atom stereocenters. The summed E-state index contributed by atoms with van der Waals surface area (Å²) in [6.45, 7) is 1.84. The molecule has 1 aromatic rings. The van der Waals surface area contributed by atoms with Gasteiger partial charge in [-0.2, -0.15) is 0 Å². The number of aromatic nitrogens is 1. The molecule has 4 heteroatoms. The minimum atomic E-state index is -0.0360. The maximum absolute atomic E-state index is 11.6. The summed E-state index contributed by atoms with van der Waals surface area (Å²) in [7, 11) is 0. The Labute approximate surface area is 95.5 Å². The first-order valence-corrected chi connectivity index (χ1v) is 5.78. The smallest absolute Gasteiger partial charge is 0.252 e. The van der Waals surface area contributed by atoms with E-state index >= 15 is 0 Å². The van der Waals surface area contributed by atoms with Crippen LogP contribution in [-0.2, 0) is 0 Å². The number of nitrogens with one attached hydrogen (secondary N) is 2. The number of carbonyl (C=O) groups is 1. The van der Waals surface area contributed by atoms with Crippen molar-refractivity contribution in [2.24, 2.45) is 0 Å². The van der Waals surface area contributed by atoms with E-state index < -0.39 is 0 Å². The highest BCUT2D eigenvalue weighted by atomic mass is 16.1. The lowest BCUT2D eigenvalue weighted by Gasteiger charge is -2.10. The van der Waals surface area contributed by atoms with Gasteiger partial charge in [0.25, 0.3) is 5.91 Å². The number of pyridine rings is 1. The molecule has 1 fully saturated rings. The van der Waals surface area contributed by atoms with E-state index in [9.17, 15) is 4.79 Å². The average Bonchev–Trinajstić information content (AvgIpc) is 2.83. The van der Waals surface area contributed by atoms with Gasteiger partial charge >= 0.3 is 0 Å². The predicted molar refractivity (Wildman–Crippen MR) is 62.2 cm³/mol. The van der Waals surface area contributed by atoms with Gasteiger partial charge in [0.2, 0.25) is 0 Å². The van der Waals surface area contributed by atoms with Gasteiger partial charge in [-0.05, 0) is 37.9 Å². The number of carbonyl (C=O) groups excluding carboxylic acids is 1. The summed E-state index contributed by atoms with van der Waals surface area (Å²) in [5.41, 5.74) is 0.627. The number of nitrogens with zero attached hydrogens (tertiary/aromatic N) is 1. The van der Waals surface area contributed by atoms with E-state index in [1.807, 2.05) is 0 Å². The predicted octanol–water partition coefficient (Wildman–Crippen LogP) is 0.953. The van der Waals surface area contributed by atoms with Crippen LogP contribution in [0.5, 0.6) is 0 Å². The monoisotopic (exact) mass is 219 g/mol. The first kappa shape index (κ1) is 11.1. The number of hydrogen-bond acceptors (Lipinski definition) is 3. The van der Waals surface area contributed by atoms with E-state index in [4.69, 9.17) is 0 Å². The Morgan fingerprint density at radius 1 is 1.62 bits per heavy atom. The summed E-state index contributed by atoms with van der Waals surface area (Å²) in [6, 6.07) is 4.12. The summed E-state index contributed by atoms with van der Waals surface area (Å²) < 4.78 is 0. The Balaban J connectivity index is 1.71. The molecule has 1 aromatic heterocycles. The van der Waals surface area contributed by atoms with Gasteiger partial charge in [0.05, 0.1) is 5.56 Å². The number of rotatable bonds is 4. The molecule has 0 spiro atoms. The minimum absolute atomic E-state index is 0.0360. The third kappa shape index (κ3) is 3.03. The van der Waals surface area contributed by atoms with Crippen LogP contribution in [0.15, 0.2) is 24.5 Å². The van der Waals surface area contributed by atoms with Gasteiger partial charge in [0, 0.05) is 25.0 Å². The van der Waals surface area contributed by atoms with Gasteiger partial charge in [-0.15, -0.1) is 0 Å². The molecule has 0 bridgehead atoms. The summed E-state index contributed by atoms with van der Waals surface area (Å²) in [5, 5.41) is 6.31. The second-order valence-electron chi connectivity index (χ2n) is 4.08. The molecular formula is C12H17N3O. The van der Waals surface area contributed by atoms with E-state index in [2.05, 4.69) is 15.6 Å². The van der Waals surface area contributed by atoms with Crippen LogP contribution < -0.4 is 10.6 Å². The van der Waals surface area contributed by atoms with Crippen molar-refractivity contribution in [1.82, 2.24) is 15.6 Å². The van der Waals surface area contributed by atoms with E-state index in [-0.39, 0.29) is 5.91 Å². The standard InChI is InChI=1S/C12H17N3O/c16-12(10-3-1-6-13-9-10)15-8-5-11-4-2-7-14-11/h1,3,6,9,11,14H,2,4-5,7-8H2,(H,15,16)/t11-/m1/s1. The number of amides is 1. The van der Waals surface area contributed by atoms with Gasteiger partial charge in [-0.3, -0.25) is 9.78 Å². The molecular weight excluding hydrogens is 202 g/mol. The maximum Gasteiger partial charge on any atom is 0.252 e. The zero-order chi connectivity index (χ0) is 11.2. The average molecular weight is 219 g/mol. The molecule has 0 aromatic carbocycles. The third-order valence-corrected chi connectivity index (χ3v) is 2.86. The van der Waals surface area contributed by atoms with Crippen LogP contribution >= 0.6 is 0 Å². The molecule has 0 radical (unpaired) electrons. The van der Waals surface area contributed by atoms with Gasteiger partial charge < -0.3 is 10.6 Å². The quantitative estimate of drug-likeness (QED) is 0.793. The lowest BCUT2D eigenvalue weighted by atomic mass is 10.1. The van der Waals surface area contributed by atoms with Gasteiger partial charge in [0.15, 0.2) is 0 Å². The van der Waals surface area contributed by atoms with Crippen molar-refractivity contribution in [1.29, 1.82) is 0 Å². The fourth-order valence-electron chi connectivity index (χ4n) is 1.96. The molecule has 0 aliphatic carbocycles. The van der Waals surface area contributed by atoms with Gasteiger partial charge in [-0.25, -0.2) is 0 Å². The van der Waals surface area contributed by atoms with Crippen molar-refractivity contribution >= 4 is 5.91 Å². The first-order chi connectivity index (χ1) is 7.86. The zero-order valence-corrected chi connectivity index (χ0v) is 9.28. The summed E-state index contributed by atoms with van der Waals surface area (Å²) in [5.74, 6) is -0.0360. The van der Waals surface area contributed by atoms with E-state index in [1.54, 1.807) is 24.5 Å². The van der Waals surface area contributed by atoms with Gasteiger partial charge in [-0.1, -0.05) is 0 Å². The van der Waals surface area contributed by atoms with Crippen molar-refractivity contribution in [3.63, 3.8) is 0 Å². The first-order valence-electron chi connectivity index (χ1n) is 5.78. The van der Waals surface area contributed by atoms with E-state index in [1.165, 1.54) is 12.8 Å². The SMILES string of the molecule is O=C(NCC[C@H]1CCCN1)c1cccnc1. The van der Waals surface area contributed by atoms with Crippen molar-refractivity contribution in [2.45, 2.75) is 25.3 Å². The number of hydrogen-bond donors (Lipinski definition) is 2. The maximum atomic E-state index is 11.6. The largest absolute Gasteiger partial charge is 0.352 e. The normalized spacial score (nSPS) is 19.6. The van der Waals surface area contributed by atoms with Crippen LogP contribution in [0.3, 0.4) is 0 Å². The van der Waals surface area contributed by atoms with Crippen LogP contribution in [0.25, 0.3) is 0 Å². The summed E-state index contributed by atoms with van der Waals surface area (Å²) >= 11 is 0. The Morgan fingerprint density at radius 3 is 3.25 bits per heavy atom. The van der Waals surface area contributed by atoms with Crippen molar-refractivity contribution in [2.75, 3.05) is 13.1 Å². The third-order valence-electron chi connectivity index (χ3n) is 2.86. The van der Waals surface area contributed by atoms with E-state index in [0.717, 1.165) is 19.5 Å². The van der Waals surface area contributed by atoms with Crippen molar-refractivity contribution in [3.8, 4) is 0 Å². The van der Waals surface area contributed by atoms with E-state index in [0.29, 0.717) is 11.6 Å². The Morgan fingerprint density at radius 2 is 2.56 bits per heavy atom. The minimum Gasteiger partial charge on any atom is -0.352 e. The molecule has 0 saturated carbocycles. The molecule has 16 heavy (non-hydrogen) atoms. The Hall–Kier alpha value is -1.42. The summed E-state index contributed by atoms with van der Waals surface area (Å²) in [4.78, 5) is 15.6. The Kier molecular flexibility index (Phi) is 3.88. The van der Waals surface area contributed by atoms with Crippen molar-refractivity contribution in [3.05, 3.63) is 30.1 Å². The topological polar surface area (TPSA) is 54.0 Å². The lowest BCUT2D eigenvalue weighted by Crippen LogP contribution is -2.30. The lowest BCUT2D eigenvalue weighted by molar-refractivity contribution is 0.0952. The molecule has 1 aliphatic rings. The second-order valence-corrected chi connectivity index (χ2v) is 4.08. The van der Waals surface area contributed by atoms with Crippen LogP contribution in [0.1, 0.15) is 29.6 Å². The van der Waals surface area contributed by atoms with Crippen LogP contribution in [-0.4, -0.2) is 30.0 Å². The van der Waals surface area contributed by atoms with Crippen LogP contribution in [0.2, 0.25) is 0 Å². The zero-order valence-electron chi connectivity index (χ0n) is 9.28. The molecule has 1 atom stereocenters. The van der Waals surface area contributed by atoms with Gasteiger partial charge in [0.1, 0.15) is 0 Å². The molecule has 2 N–H and O–H groups in total. The fraction of sp³-hybridized carbons (Fsp3) is 0.500. The second kappa shape index (κ2) is 5.61. The fourth-order valence-corrected chi connectivity index (χ4v) is 1.96. The molecule has 86 valence electrons. The molecule has 1 saturated heterocycles. The highest BCUT2D eigenvalue weighted by Gasteiger charge is 2.13. The van der Waals surface area contributed by atoms with Crippen LogP contribution in [0.4, 0.5) is 0 Å². The Bertz CT molecular complexity index is 333. The van der Waals surface area contributed by atoms with Crippen molar-refractivity contribution < 1.29 is 4.79 Å². The molecule has 1 amide bonds. The summed E-state index contributed by atoms with van der Waals surface area (Å²) in [6.07, 6.45) is 6.73.